The summed E-state index contributed by atoms with van der Waals surface area (Å²) in [5.41, 5.74) is 3.17. The Bertz CT molecular complexity index is 871. The standard InChI is InChI=1S/C22H24N2O3/c1-3-25-22(26-4-2)15-19(17-11-7-5-8-12-17)20-16-23-24(21(20)27-22)18-13-9-6-10-14-18/h5-14,16,19H,3-4,15H2,1-2H3. The summed E-state index contributed by atoms with van der Waals surface area (Å²) in [6.07, 6.45) is 2.47. The van der Waals surface area contributed by atoms with Crippen LogP contribution in [0.4, 0.5) is 0 Å². The number of rotatable bonds is 6. The molecule has 140 valence electrons. The lowest BCUT2D eigenvalue weighted by molar-refractivity contribution is -0.350. The third kappa shape index (κ3) is 3.36. The first-order chi connectivity index (χ1) is 13.3. The normalized spacial score (nSPS) is 17.9. The zero-order chi connectivity index (χ0) is 18.7. The van der Waals surface area contributed by atoms with E-state index in [2.05, 4.69) is 29.4 Å². The minimum absolute atomic E-state index is 0.0745. The Balaban J connectivity index is 1.84. The summed E-state index contributed by atoms with van der Waals surface area (Å²) in [4.78, 5) is 0. The smallest absolute Gasteiger partial charge is 0.329 e. The van der Waals surface area contributed by atoms with E-state index in [9.17, 15) is 0 Å². The Morgan fingerprint density at radius 3 is 2.26 bits per heavy atom. The number of ether oxygens (including phenoxy) is 3. The van der Waals surface area contributed by atoms with Crippen molar-refractivity contribution in [2.24, 2.45) is 0 Å². The fraction of sp³-hybridized carbons (Fsp3) is 0.318. The summed E-state index contributed by atoms with van der Waals surface area (Å²) in [5, 5.41) is 4.61. The second kappa shape index (κ2) is 7.55. The van der Waals surface area contributed by atoms with E-state index < -0.39 is 5.97 Å². The van der Waals surface area contributed by atoms with E-state index in [1.165, 1.54) is 5.56 Å². The lowest BCUT2D eigenvalue weighted by Crippen LogP contribution is -2.46. The lowest BCUT2D eigenvalue weighted by Gasteiger charge is -2.39. The van der Waals surface area contributed by atoms with Crippen LogP contribution in [-0.4, -0.2) is 29.0 Å². The second-order valence-corrected chi connectivity index (χ2v) is 6.47. The molecule has 2 heterocycles. The molecule has 1 aliphatic rings. The van der Waals surface area contributed by atoms with Crippen molar-refractivity contribution in [1.29, 1.82) is 0 Å². The topological polar surface area (TPSA) is 45.5 Å². The number of hydrogen-bond acceptors (Lipinski definition) is 4. The molecule has 27 heavy (non-hydrogen) atoms. The highest BCUT2D eigenvalue weighted by molar-refractivity contribution is 5.44. The van der Waals surface area contributed by atoms with Gasteiger partial charge in [-0.1, -0.05) is 48.5 Å². The zero-order valence-corrected chi connectivity index (χ0v) is 15.7. The molecule has 1 atom stereocenters. The van der Waals surface area contributed by atoms with E-state index >= 15 is 0 Å². The average Bonchev–Trinajstić information content (AvgIpc) is 3.13. The molecule has 0 spiro atoms. The number of nitrogens with zero attached hydrogens (tertiary/aromatic N) is 2. The van der Waals surface area contributed by atoms with Gasteiger partial charge < -0.3 is 14.2 Å². The minimum atomic E-state index is -1.12. The lowest BCUT2D eigenvalue weighted by atomic mass is 9.87. The van der Waals surface area contributed by atoms with Crippen LogP contribution in [0, 0.1) is 0 Å². The van der Waals surface area contributed by atoms with Gasteiger partial charge in [0.05, 0.1) is 31.5 Å². The van der Waals surface area contributed by atoms with E-state index in [0.29, 0.717) is 25.5 Å². The van der Waals surface area contributed by atoms with Crippen LogP contribution in [0.5, 0.6) is 5.88 Å². The minimum Gasteiger partial charge on any atom is -0.421 e. The van der Waals surface area contributed by atoms with Gasteiger partial charge in [0.25, 0.3) is 0 Å². The molecular formula is C22H24N2O3. The molecule has 3 aromatic rings. The molecule has 1 aromatic heterocycles. The van der Waals surface area contributed by atoms with Crippen molar-refractivity contribution >= 4 is 0 Å². The molecule has 1 unspecified atom stereocenters. The SMILES string of the molecule is CCOC1(OCC)CC(c2ccccc2)c2cnn(-c3ccccc3)c2O1. The summed E-state index contributed by atoms with van der Waals surface area (Å²) < 4.78 is 20.1. The van der Waals surface area contributed by atoms with Gasteiger partial charge in [0.2, 0.25) is 5.88 Å². The molecule has 4 rings (SSSR count). The molecular weight excluding hydrogens is 340 g/mol. The van der Waals surface area contributed by atoms with Crippen molar-refractivity contribution in [2.45, 2.75) is 32.2 Å². The first kappa shape index (κ1) is 17.8. The van der Waals surface area contributed by atoms with Crippen LogP contribution in [0.15, 0.2) is 66.9 Å². The Hall–Kier alpha value is -2.63. The summed E-state index contributed by atoms with van der Waals surface area (Å²) >= 11 is 0. The maximum absolute atomic E-state index is 6.33. The van der Waals surface area contributed by atoms with Crippen molar-refractivity contribution in [3.05, 3.63) is 78.0 Å². The summed E-state index contributed by atoms with van der Waals surface area (Å²) in [6, 6.07) is 20.3. The highest BCUT2D eigenvalue weighted by Crippen LogP contribution is 2.46. The Kier molecular flexibility index (Phi) is 4.97. The van der Waals surface area contributed by atoms with Gasteiger partial charge in [-0.2, -0.15) is 5.10 Å². The maximum atomic E-state index is 6.33. The quantitative estimate of drug-likeness (QED) is 0.604. The molecule has 0 amide bonds. The summed E-state index contributed by atoms with van der Waals surface area (Å²) in [6.45, 7) is 4.89. The van der Waals surface area contributed by atoms with Crippen LogP contribution in [-0.2, 0) is 9.47 Å². The van der Waals surface area contributed by atoms with Crippen molar-refractivity contribution in [3.63, 3.8) is 0 Å². The molecule has 5 nitrogen and oxygen atoms in total. The zero-order valence-electron chi connectivity index (χ0n) is 15.7. The number of hydrogen-bond donors (Lipinski definition) is 0. The van der Waals surface area contributed by atoms with Crippen LogP contribution in [0.2, 0.25) is 0 Å². The summed E-state index contributed by atoms with van der Waals surface area (Å²) in [5.74, 6) is -0.377. The van der Waals surface area contributed by atoms with Crippen LogP contribution in [0.25, 0.3) is 5.69 Å². The molecule has 0 bridgehead atoms. The highest BCUT2D eigenvalue weighted by atomic mass is 16.9. The van der Waals surface area contributed by atoms with Crippen molar-refractivity contribution < 1.29 is 14.2 Å². The Morgan fingerprint density at radius 2 is 1.63 bits per heavy atom. The highest BCUT2D eigenvalue weighted by Gasteiger charge is 2.45. The number of benzene rings is 2. The second-order valence-electron chi connectivity index (χ2n) is 6.47. The third-order valence-electron chi connectivity index (χ3n) is 4.76. The van der Waals surface area contributed by atoms with Gasteiger partial charge in [0, 0.05) is 11.5 Å². The van der Waals surface area contributed by atoms with Crippen molar-refractivity contribution in [1.82, 2.24) is 9.78 Å². The van der Waals surface area contributed by atoms with Crippen LogP contribution in [0.3, 0.4) is 0 Å². The van der Waals surface area contributed by atoms with Crippen LogP contribution in [0.1, 0.15) is 37.3 Å². The van der Waals surface area contributed by atoms with Gasteiger partial charge in [-0.25, -0.2) is 4.68 Å². The van der Waals surface area contributed by atoms with Crippen molar-refractivity contribution in [3.8, 4) is 11.6 Å². The molecule has 0 radical (unpaired) electrons. The Labute approximate surface area is 159 Å². The van der Waals surface area contributed by atoms with E-state index in [1.807, 2.05) is 61.1 Å². The monoisotopic (exact) mass is 364 g/mol. The largest absolute Gasteiger partial charge is 0.421 e. The third-order valence-corrected chi connectivity index (χ3v) is 4.76. The maximum Gasteiger partial charge on any atom is 0.329 e. The predicted octanol–water partition coefficient (Wildman–Crippen LogP) is 4.51. The molecule has 5 heteroatoms. The average molecular weight is 364 g/mol. The van der Waals surface area contributed by atoms with Gasteiger partial charge in [-0.05, 0) is 31.5 Å². The van der Waals surface area contributed by atoms with Crippen LogP contribution < -0.4 is 4.74 Å². The van der Waals surface area contributed by atoms with E-state index in [1.54, 1.807) is 0 Å². The molecule has 0 saturated heterocycles. The van der Waals surface area contributed by atoms with Gasteiger partial charge in [0.15, 0.2) is 0 Å². The first-order valence-corrected chi connectivity index (χ1v) is 9.41. The van der Waals surface area contributed by atoms with E-state index in [4.69, 9.17) is 14.2 Å². The fourth-order valence-corrected chi connectivity index (χ4v) is 3.63. The number of fused-ring (bicyclic) bond motifs is 1. The molecule has 0 saturated carbocycles. The molecule has 2 aromatic carbocycles. The number of aromatic nitrogens is 2. The van der Waals surface area contributed by atoms with Crippen LogP contribution >= 0.6 is 0 Å². The van der Waals surface area contributed by atoms with Gasteiger partial charge in [-0.15, -0.1) is 0 Å². The molecule has 0 N–H and O–H groups in total. The van der Waals surface area contributed by atoms with E-state index in [-0.39, 0.29) is 5.92 Å². The molecule has 1 aliphatic heterocycles. The van der Waals surface area contributed by atoms with Gasteiger partial charge >= 0.3 is 5.97 Å². The van der Waals surface area contributed by atoms with Gasteiger partial charge in [0.1, 0.15) is 0 Å². The first-order valence-electron chi connectivity index (χ1n) is 9.41. The summed E-state index contributed by atoms with van der Waals surface area (Å²) in [7, 11) is 0. The fourth-order valence-electron chi connectivity index (χ4n) is 3.63. The molecule has 0 aliphatic carbocycles. The van der Waals surface area contributed by atoms with Gasteiger partial charge in [-0.3, -0.25) is 0 Å². The predicted molar refractivity (Wildman–Crippen MR) is 103 cm³/mol. The van der Waals surface area contributed by atoms with Crippen molar-refractivity contribution in [2.75, 3.05) is 13.2 Å². The molecule has 0 fully saturated rings. The Morgan fingerprint density at radius 1 is 1.00 bits per heavy atom. The van der Waals surface area contributed by atoms with E-state index in [0.717, 1.165) is 11.3 Å². The number of para-hydroxylation sites is 1.